The topological polar surface area (TPSA) is 12.9 Å². The lowest BCUT2D eigenvalue weighted by Gasteiger charge is -1.69. The Bertz CT molecular complexity index is 197. The second-order valence-electron chi connectivity index (χ2n) is 1.83. The molecule has 0 aliphatic heterocycles. The van der Waals surface area contributed by atoms with Gasteiger partial charge in [0, 0.05) is 11.6 Å². The zero-order valence-corrected chi connectivity index (χ0v) is 12.9. The number of aromatic nitrogens is 1. The van der Waals surface area contributed by atoms with Gasteiger partial charge in [0.05, 0.1) is 5.51 Å². The van der Waals surface area contributed by atoms with Crippen molar-refractivity contribution in [1.29, 1.82) is 0 Å². The summed E-state index contributed by atoms with van der Waals surface area (Å²) >= 11 is 1.60. The number of nitrogens with zero attached hydrogens (tertiary/aromatic N) is 1. The van der Waals surface area contributed by atoms with E-state index in [0.717, 1.165) is 0 Å². The lowest BCUT2D eigenvalue weighted by atomic mass is 10.4. The van der Waals surface area contributed by atoms with Crippen LogP contribution in [0.4, 0.5) is 0 Å². The summed E-state index contributed by atoms with van der Waals surface area (Å²) in [6, 6.07) is 12.0. The molecule has 0 unspecified atom stereocenters. The third-order valence-corrected chi connectivity index (χ3v) is 1.54. The highest BCUT2D eigenvalue weighted by atomic mass is 32.1. The molecular formula is C15H27NS. The second kappa shape index (κ2) is 29.4. The molecule has 2 heteroatoms. The van der Waals surface area contributed by atoms with Gasteiger partial charge >= 0.3 is 0 Å². The molecule has 0 saturated carbocycles. The predicted octanol–water partition coefficient (Wildman–Crippen LogP) is 5.91. The lowest BCUT2D eigenvalue weighted by molar-refractivity contribution is 1.43. The van der Waals surface area contributed by atoms with Gasteiger partial charge in [0.2, 0.25) is 0 Å². The average Bonchev–Trinajstić information content (AvgIpc) is 3.07. The van der Waals surface area contributed by atoms with Gasteiger partial charge in [0.1, 0.15) is 0 Å². The van der Waals surface area contributed by atoms with Crippen LogP contribution in [0.1, 0.15) is 41.5 Å². The molecule has 1 aromatic heterocycles. The Kier molecular flexibility index (Phi) is 36.6. The van der Waals surface area contributed by atoms with Gasteiger partial charge in [0.15, 0.2) is 0 Å². The Hall–Kier alpha value is -1.15. The van der Waals surface area contributed by atoms with E-state index in [1.54, 1.807) is 23.0 Å². The molecule has 0 bridgehead atoms. The normalized spacial score (nSPS) is 6.24. The summed E-state index contributed by atoms with van der Waals surface area (Å²) < 4.78 is 0. The molecule has 1 aromatic carbocycles. The number of hydrogen-bond acceptors (Lipinski definition) is 2. The molecule has 0 aliphatic carbocycles. The van der Waals surface area contributed by atoms with E-state index in [2.05, 4.69) is 4.98 Å². The van der Waals surface area contributed by atoms with Crippen molar-refractivity contribution >= 4 is 11.3 Å². The first-order chi connectivity index (χ1) is 8.50. The molecule has 1 heterocycles. The summed E-state index contributed by atoms with van der Waals surface area (Å²) in [5, 5.41) is 1.93. The van der Waals surface area contributed by atoms with Gasteiger partial charge in [-0.05, 0) is 0 Å². The van der Waals surface area contributed by atoms with E-state index in [1.165, 1.54) is 0 Å². The van der Waals surface area contributed by atoms with E-state index < -0.39 is 0 Å². The summed E-state index contributed by atoms with van der Waals surface area (Å²) in [6.45, 7) is 12.0. The average molecular weight is 253 g/mol. The van der Waals surface area contributed by atoms with Crippen molar-refractivity contribution in [3.05, 3.63) is 53.5 Å². The van der Waals surface area contributed by atoms with Crippen LogP contribution in [0, 0.1) is 0 Å². The van der Waals surface area contributed by atoms with Gasteiger partial charge in [-0.2, -0.15) is 0 Å². The van der Waals surface area contributed by atoms with Crippen LogP contribution in [0.5, 0.6) is 0 Å². The van der Waals surface area contributed by atoms with Crippen LogP contribution in [0.2, 0.25) is 0 Å². The minimum absolute atomic E-state index is 1.60. The van der Waals surface area contributed by atoms with E-state index >= 15 is 0 Å². The highest BCUT2D eigenvalue weighted by Crippen LogP contribution is 1.85. The van der Waals surface area contributed by atoms with Crippen LogP contribution < -0.4 is 0 Å². The van der Waals surface area contributed by atoms with Crippen molar-refractivity contribution < 1.29 is 0 Å². The maximum Gasteiger partial charge on any atom is 0.0791 e. The van der Waals surface area contributed by atoms with E-state index in [4.69, 9.17) is 0 Å². The molecule has 98 valence electrons. The first-order valence-corrected chi connectivity index (χ1v) is 7.26. The van der Waals surface area contributed by atoms with E-state index in [1.807, 2.05) is 83.3 Å². The van der Waals surface area contributed by atoms with Gasteiger partial charge < -0.3 is 0 Å². The molecule has 0 fully saturated rings. The van der Waals surface area contributed by atoms with E-state index in [-0.39, 0.29) is 0 Å². The zero-order chi connectivity index (χ0) is 13.8. The van der Waals surface area contributed by atoms with Crippen molar-refractivity contribution in [2.24, 2.45) is 0 Å². The van der Waals surface area contributed by atoms with Gasteiger partial charge in [-0.1, -0.05) is 77.9 Å². The Morgan fingerprint density at radius 1 is 0.647 bits per heavy atom. The van der Waals surface area contributed by atoms with Crippen LogP contribution in [0.25, 0.3) is 0 Å². The third kappa shape index (κ3) is 25.3. The molecule has 0 N–H and O–H groups in total. The van der Waals surface area contributed by atoms with E-state index in [0.29, 0.717) is 0 Å². The molecule has 1 nitrogen and oxygen atoms in total. The quantitative estimate of drug-likeness (QED) is 0.569. The molecule has 0 atom stereocenters. The minimum Gasteiger partial charge on any atom is -0.253 e. The monoisotopic (exact) mass is 253 g/mol. The van der Waals surface area contributed by atoms with Crippen LogP contribution in [-0.2, 0) is 0 Å². The highest BCUT2D eigenvalue weighted by Gasteiger charge is 1.59. The fourth-order valence-corrected chi connectivity index (χ4v) is 0.912. The molecule has 17 heavy (non-hydrogen) atoms. The highest BCUT2D eigenvalue weighted by molar-refractivity contribution is 7.07. The van der Waals surface area contributed by atoms with Gasteiger partial charge in [-0.3, -0.25) is 4.98 Å². The number of rotatable bonds is 0. The molecule has 0 radical (unpaired) electrons. The number of hydrogen-bond donors (Lipinski definition) is 0. The predicted molar refractivity (Wildman–Crippen MR) is 82.6 cm³/mol. The Morgan fingerprint density at radius 3 is 1.12 bits per heavy atom. The number of thiazole rings is 1. The molecule has 0 amide bonds. The summed E-state index contributed by atoms with van der Waals surface area (Å²) in [4.78, 5) is 3.74. The van der Waals surface area contributed by atoms with Crippen LogP contribution in [0.15, 0.2) is 53.5 Å². The van der Waals surface area contributed by atoms with Gasteiger partial charge in [-0.15, -0.1) is 11.3 Å². The van der Waals surface area contributed by atoms with Crippen LogP contribution in [0.3, 0.4) is 0 Å². The van der Waals surface area contributed by atoms with Gasteiger partial charge in [-0.25, -0.2) is 0 Å². The maximum absolute atomic E-state index is 3.74. The molecule has 2 aromatic rings. The number of benzene rings is 1. The van der Waals surface area contributed by atoms with Crippen molar-refractivity contribution in [3.63, 3.8) is 0 Å². The van der Waals surface area contributed by atoms with Crippen molar-refractivity contribution in [2.75, 3.05) is 0 Å². The van der Waals surface area contributed by atoms with E-state index in [9.17, 15) is 0 Å². The fraction of sp³-hybridized carbons (Fsp3) is 0.400. The summed E-state index contributed by atoms with van der Waals surface area (Å²) in [5.41, 5.74) is 1.79. The molecule has 2 rings (SSSR count). The Balaban J connectivity index is -0.000000163. The minimum atomic E-state index is 1.60. The van der Waals surface area contributed by atoms with Crippen molar-refractivity contribution in [3.8, 4) is 0 Å². The second-order valence-corrected chi connectivity index (χ2v) is 2.59. The smallest absolute Gasteiger partial charge is 0.0791 e. The van der Waals surface area contributed by atoms with Crippen molar-refractivity contribution in [1.82, 2.24) is 4.98 Å². The largest absolute Gasteiger partial charge is 0.253 e. The van der Waals surface area contributed by atoms with Gasteiger partial charge in [0.25, 0.3) is 0 Å². The fourth-order valence-electron chi connectivity index (χ4n) is 0.561. The van der Waals surface area contributed by atoms with Crippen LogP contribution >= 0.6 is 11.3 Å². The summed E-state index contributed by atoms with van der Waals surface area (Å²) in [6.07, 6.45) is 1.77. The first kappa shape index (κ1) is 21.2. The summed E-state index contributed by atoms with van der Waals surface area (Å²) in [7, 11) is 0. The molecule has 0 saturated heterocycles. The molecule has 0 spiro atoms. The lowest BCUT2D eigenvalue weighted by Crippen LogP contribution is -1.47. The molecular weight excluding hydrogens is 226 g/mol. The third-order valence-electron chi connectivity index (χ3n) is 1.01. The zero-order valence-electron chi connectivity index (χ0n) is 12.1. The Labute approximate surface area is 112 Å². The standard InChI is InChI=1S/C6H6.C3H3NS.3C2H6/c1-2-4-6-5-3-1;1-2-5-3-4-1;3*1-2/h1-6H;1-3H;3*1-2H3. The first-order valence-electron chi connectivity index (χ1n) is 6.32. The van der Waals surface area contributed by atoms with Crippen molar-refractivity contribution in [2.45, 2.75) is 41.5 Å². The SMILES string of the molecule is CC.CC.CC.c1ccccc1.c1cscn1. The molecule has 0 aliphatic rings. The Morgan fingerprint density at radius 2 is 1.00 bits per heavy atom. The van der Waals surface area contributed by atoms with Crippen LogP contribution in [-0.4, -0.2) is 4.98 Å². The summed E-state index contributed by atoms with van der Waals surface area (Å²) in [5.74, 6) is 0. The maximum atomic E-state index is 3.74.